The highest BCUT2D eigenvalue weighted by Crippen LogP contribution is 2.24. The number of carboxylic acid groups (broad SMARTS) is 1. The molecular weight excluding hydrogens is 212 g/mol. The number of aryl methyl sites for hydroxylation is 1. The molecule has 0 spiro atoms. The highest BCUT2D eigenvalue weighted by molar-refractivity contribution is 7.16. The van der Waals surface area contributed by atoms with Crippen molar-refractivity contribution in [3.63, 3.8) is 0 Å². The van der Waals surface area contributed by atoms with Gasteiger partial charge in [0.25, 0.3) is 0 Å². The van der Waals surface area contributed by atoms with Gasteiger partial charge in [-0.2, -0.15) is 0 Å². The van der Waals surface area contributed by atoms with Gasteiger partial charge in [0, 0.05) is 7.05 Å². The second-order valence-electron chi connectivity index (χ2n) is 2.23. The molecule has 1 aromatic rings. The Hall–Kier alpha value is -0.940. The molecule has 1 aromatic heterocycles. The number of rotatable bonds is 2. The van der Waals surface area contributed by atoms with Gasteiger partial charge in [0.05, 0.1) is 5.01 Å². The first kappa shape index (κ1) is 10.1. The van der Waals surface area contributed by atoms with Crippen LogP contribution in [0.15, 0.2) is 4.99 Å². The lowest BCUT2D eigenvalue weighted by atomic mass is 10.3. The molecule has 0 atom stereocenters. The Balaban J connectivity index is 3.20. The van der Waals surface area contributed by atoms with Crippen LogP contribution in [0.1, 0.15) is 10.7 Å². The average molecular weight is 219 g/mol. The largest absolute Gasteiger partial charge is 0.476 e. The molecule has 0 aliphatic carbocycles. The van der Waals surface area contributed by atoms with E-state index in [1.54, 1.807) is 6.92 Å². The molecule has 0 aliphatic heterocycles. The average Bonchev–Trinajstić information content (AvgIpc) is 2.31. The van der Waals surface area contributed by atoms with Crippen LogP contribution in [0.25, 0.3) is 0 Å². The van der Waals surface area contributed by atoms with Crippen LogP contribution >= 0.6 is 22.9 Å². The normalized spacial score (nSPS) is 11.8. The zero-order valence-electron chi connectivity index (χ0n) is 7.04. The number of aromatic nitrogens is 1. The van der Waals surface area contributed by atoms with Crippen LogP contribution in [0.4, 0.5) is 0 Å². The van der Waals surface area contributed by atoms with Gasteiger partial charge in [0.2, 0.25) is 0 Å². The lowest BCUT2D eigenvalue weighted by Gasteiger charge is -1.94. The molecule has 1 rings (SSSR count). The first-order valence-electron chi connectivity index (χ1n) is 3.39. The van der Waals surface area contributed by atoms with Crippen LogP contribution in [-0.4, -0.2) is 28.8 Å². The fourth-order valence-electron chi connectivity index (χ4n) is 0.851. The quantitative estimate of drug-likeness (QED) is 0.768. The summed E-state index contributed by atoms with van der Waals surface area (Å²) in [4.78, 5) is 18.3. The van der Waals surface area contributed by atoms with E-state index in [2.05, 4.69) is 9.98 Å². The van der Waals surface area contributed by atoms with E-state index in [0.29, 0.717) is 4.34 Å². The van der Waals surface area contributed by atoms with Gasteiger partial charge in [0.15, 0.2) is 5.71 Å². The minimum Gasteiger partial charge on any atom is -0.476 e. The van der Waals surface area contributed by atoms with Crippen LogP contribution < -0.4 is 0 Å². The monoisotopic (exact) mass is 218 g/mol. The topological polar surface area (TPSA) is 62.5 Å². The van der Waals surface area contributed by atoms with Gasteiger partial charge in [0.1, 0.15) is 10.0 Å². The Morgan fingerprint density at radius 2 is 2.31 bits per heavy atom. The Bertz CT molecular complexity index is 373. The predicted octanol–water partition coefficient (Wildman–Crippen LogP) is 1.61. The molecule has 0 saturated heterocycles. The number of carboxylic acids is 1. The SMILES string of the molecule is CN=C(C(=O)O)c1nc(C)sc1Cl. The Morgan fingerprint density at radius 1 is 1.69 bits per heavy atom. The van der Waals surface area contributed by atoms with Crippen molar-refractivity contribution in [2.45, 2.75) is 6.92 Å². The van der Waals surface area contributed by atoms with E-state index in [1.165, 1.54) is 18.4 Å². The number of halogens is 1. The molecule has 70 valence electrons. The Labute approximate surface area is 83.9 Å². The van der Waals surface area contributed by atoms with Crippen LogP contribution in [0.5, 0.6) is 0 Å². The fraction of sp³-hybridized carbons (Fsp3) is 0.286. The molecule has 0 unspecified atom stereocenters. The lowest BCUT2D eigenvalue weighted by molar-refractivity contribution is -0.129. The molecule has 4 nitrogen and oxygen atoms in total. The summed E-state index contributed by atoms with van der Waals surface area (Å²) < 4.78 is 0.362. The summed E-state index contributed by atoms with van der Waals surface area (Å²) in [6.45, 7) is 1.76. The number of aliphatic imine (C=N–C) groups is 1. The molecule has 0 amide bonds. The van der Waals surface area contributed by atoms with Crippen LogP contribution in [-0.2, 0) is 4.79 Å². The first-order valence-corrected chi connectivity index (χ1v) is 4.59. The Morgan fingerprint density at radius 3 is 2.62 bits per heavy atom. The summed E-state index contributed by atoms with van der Waals surface area (Å²) >= 11 is 7.01. The zero-order chi connectivity index (χ0) is 10.0. The summed E-state index contributed by atoms with van der Waals surface area (Å²) in [5.41, 5.74) is 0.147. The molecule has 0 radical (unpaired) electrons. The maximum absolute atomic E-state index is 10.7. The number of hydrogen-bond donors (Lipinski definition) is 1. The van der Waals surface area contributed by atoms with Gasteiger partial charge in [-0.05, 0) is 6.92 Å². The second kappa shape index (κ2) is 3.85. The smallest absolute Gasteiger partial charge is 0.356 e. The van der Waals surface area contributed by atoms with E-state index in [9.17, 15) is 4.79 Å². The van der Waals surface area contributed by atoms with Gasteiger partial charge in [-0.3, -0.25) is 4.99 Å². The van der Waals surface area contributed by atoms with Gasteiger partial charge < -0.3 is 5.11 Å². The van der Waals surface area contributed by atoms with Crippen molar-refractivity contribution in [3.05, 3.63) is 15.0 Å². The summed E-state index contributed by atoms with van der Waals surface area (Å²) in [6.07, 6.45) is 0. The fourth-order valence-corrected chi connectivity index (χ4v) is 1.95. The minimum atomic E-state index is -1.12. The Kier molecular flexibility index (Phi) is 3.00. The number of carbonyl (C=O) groups is 1. The molecular formula is C7H7ClN2O2S. The van der Waals surface area contributed by atoms with E-state index in [1.807, 2.05) is 0 Å². The summed E-state index contributed by atoms with van der Waals surface area (Å²) in [7, 11) is 1.40. The molecule has 0 aromatic carbocycles. The van der Waals surface area contributed by atoms with Crippen molar-refractivity contribution in [2.24, 2.45) is 4.99 Å². The van der Waals surface area contributed by atoms with Crippen LogP contribution in [0, 0.1) is 6.92 Å². The number of nitrogens with zero attached hydrogens (tertiary/aromatic N) is 2. The lowest BCUT2D eigenvalue weighted by Crippen LogP contribution is -2.15. The van der Waals surface area contributed by atoms with Gasteiger partial charge >= 0.3 is 5.97 Å². The van der Waals surface area contributed by atoms with Crippen molar-refractivity contribution in [2.75, 3.05) is 7.05 Å². The van der Waals surface area contributed by atoms with Crippen molar-refractivity contribution in [1.82, 2.24) is 4.98 Å². The summed E-state index contributed by atoms with van der Waals surface area (Å²) in [6, 6.07) is 0. The van der Waals surface area contributed by atoms with Crippen molar-refractivity contribution < 1.29 is 9.90 Å². The van der Waals surface area contributed by atoms with Crippen molar-refractivity contribution in [3.8, 4) is 0 Å². The predicted molar refractivity (Wildman–Crippen MR) is 52.0 cm³/mol. The number of aliphatic carboxylic acids is 1. The number of hydrogen-bond acceptors (Lipinski definition) is 4. The van der Waals surface area contributed by atoms with E-state index in [0.717, 1.165) is 5.01 Å². The molecule has 1 N–H and O–H groups in total. The third-order valence-corrected chi connectivity index (χ3v) is 2.51. The molecule has 0 bridgehead atoms. The summed E-state index contributed by atoms with van der Waals surface area (Å²) in [5.74, 6) is -1.12. The first-order chi connectivity index (χ1) is 6.06. The molecule has 0 aliphatic rings. The van der Waals surface area contributed by atoms with E-state index in [4.69, 9.17) is 16.7 Å². The highest BCUT2D eigenvalue weighted by atomic mass is 35.5. The van der Waals surface area contributed by atoms with E-state index >= 15 is 0 Å². The maximum Gasteiger partial charge on any atom is 0.356 e. The standard InChI is InChI=1S/C7H7ClN2O2S/c1-3-10-4(6(8)13-3)5(9-2)7(11)12/h1-2H3,(H,11,12). The molecule has 6 heteroatoms. The van der Waals surface area contributed by atoms with Gasteiger partial charge in [-0.1, -0.05) is 11.6 Å². The summed E-state index contributed by atoms with van der Waals surface area (Å²) in [5, 5.41) is 9.46. The third-order valence-electron chi connectivity index (χ3n) is 1.34. The third kappa shape index (κ3) is 2.05. The minimum absolute atomic E-state index is 0.102. The van der Waals surface area contributed by atoms with Crippen molar-refractivity contribution in [1.29, 1.82) is 0 Å². The van der Waals surface area contributed by atoms with Gasteiger partial charge in [-0.15, -0.1) is 11.3 Å². The molecule has 0 fully saturated rings. The van der Waals surface area contributed by atoms with Crippen LogP contribution in [0.2, 0.25) is 4.34 Å². The van der Waals surface area contributed by atoms with E-state index < -0.39 is 5.97 Å². The maximum atomic E-state index is 10.7. The second-order valence-corrected chi connectivity index (χ2v) is 4.04. The zero-order valence-corrected chi connectivity index (χ0v) is 8.61. The van der Waals surface area contributed by atoms with E-state index in [-0.39, 0.29) is 11.4 Å². The number of thiazole rings is 1. The molecule has 13 heavy (non-hydrogen) atoms. The van der Waals surface area contributed by atoms with Crippen LogP contribution in [0.3, 0.4) is 0 Å². The van der Waals surface area contributed by atoms with Gasteiger partial charge in [-0.25, -0.2) is 9.78 Å². The highest BCUT2D eigenvalue weighted by Gasteiger charge is 2.18. The van der Waals surface area contributed by atoms with Crippen molar-refractivity contribution >= 4 is 34.6 Å². The molecule has 0 saturated carbocycles. The molecule has 1 heterocycles.